The molecule has 4 rings (SSSR count). The van der Waals surface area contributed by atoms with Gasteiger partial charge in [0.05, 0.1) is 6.61 Å². The van der Waals surface area contributed by atoms with Crippen molar-refractivity contribution in [2.24, 2.45) is 0 Å². The number of ether oxygens (including phenoxy) is 1. The molecule has 0 bridgehead atoms. The molecule has 10 heteroatoms. The highest BCUT2D eigenvalue weighted by Crippen LogP contribution is 2.29. The van der Waals surface area contributed by atoms with E-state index in [0.717, 1.165) is 11.4 Å². The van der Waals surface area contributed by atoms with Crippen molar-refractivity contribution in [1.29, 1.82) is 0 Å². The second-order valence-corrected chi connectivity index (χ2v) is 10.5. The van der Waals surface area contributed by atoms with Crippen molar-refractivity contribution >= 4 is 41.2 Å². The Morgan fingerprint density at radius 1 is 1.08 bits per heavy atom. The van der Waals surface area contributed by atoms with Crippen LogP contribution in [0.4, 0.5) is 10.6 Å². The van der Waals surface area contributed by atoms with Crippen LogP contribution in [-0.2, 0) is 10.5 Å². The molecule has 2 amide bonds. The molecule has 1 aromatic heterocycles. The molecule has 0 radical (unpaired) electrons. The van der Waals surface area contributed by atoms with E-state index >= 15 is 0 Å². The summed E-state index contributed by atoms with van der Waals surface area (Å²) < 4.78 is 5.06. The Kier molecular flexibility index (Phi) is 9.31. The lowest BCUT2D eigenvalue weighted by Crippen LogP contribution is -2.50. The average molecular weight is 532 g/mol. The van der Waals surface area contributed by atoms with E-state index < -0.39 is 0 Å². The number of nitrogens with zero attached hydrogens (tertiary/aromatic N) is 5. The number of piperazine rings is 1. The number of hydrogen-bond acceptors (Lipinski definition) is 7. The Bertz CT molecular complexity index is 1060. The summed E-state index contributed by atoms with van der Waals surface area (Å²) in [5.74, 6) is 1.46. The molecule has 194 valence electrons. The zero-order valence-electron chi connectivity index (χ0n) is 21.0. The summed E-state index contributed by atoms with van der Waals surface area (Å²) >= 11 is 7.85. The van der Waals surface area contributed by atoms with Crippen LogP contribution in [0.5, 0.6) is 0 Å². The van der Waals surface area contributed by atoms with Gasteiger partial charge in [0.2, 0.25) is 0 Å². The number of benzene rings is 1. The van der Waals surface area contributed by atoms with Crippen molar-refractivity contribution in [3.8, 4) is 0 Å². The standard InChI is InChI=1S/C26H34ClN5O3S/c1-3-35-26(34)32-14-12-31(13-15-32)24(33)20-9-7-8-19(16-20)18-36-25-28-22(27)17-23(29-25)30(2)21-10-5-4-6-11-21/h7-9,16-17,21H,3-6,10-15,18H2,1-2H3. The molecule has 2 fully saturated rings. The molecule has 2 heterocycles. The number of hydrogen-bond donors (Lipinski definition) is 0. The van der Waals surface area contributed by atoms with Crippen molar-refractivity contribution in [1.82, 2.24) is 19.8 Å². The van der Waals surface area contributed by atoms with Gasteiger partial charge < -0.3 is 19.4 Å². The van der Waals surface area contributed by atoms with Crippen LogP contribution in [0.2, 0.25) is 5.15 Å². The maximum absolute atomic E-state index is 13.1. The van der Waals surface area contributed by atoms with Crippen LogP contribution < -0.4 is 4.90 Å². The third-order valence-corrected chi connectivity index (χ3v) is 7.89. The smallest absolute Gasteiger partial charge is 0.409 e. The summed E-state index contributed by atoms with van der Waals surface area (Å²) in [7, 11) is 2.09. The van der Waals surface area contributed by atoms with E-state index in [1.807, 2.05) is 30.3 Å². The Morgan fingerprint density at radius 2 is 1.81 bits per heavy atom. The fourth-order valence-corrected chi connectivity index (χ4v) is 5.74. The lowest BCUT2D eigenvalue weighted by molar-refractivity contribution is 0.0570. The molecular formula is C26H34ClN5O3S. The normalized spacial score (nSPS) is 16.6. The lowest BCUT2D eigenvalue weighted by atomic mass is 9.94. The summed E-state index contributed by atoms with van der Waals surface area (Å²) in [6.45, 7) is 4.07. The zero-order valence-corrected chi connectivity index (χ0v) is 22.6. The van der Waals surface area contributed by atoms with E-state index in [4.69, 9.17) is 21.3 Å². The minimum absolute atomic E-state index is 0.0271. The molecule has 1 saturated carbocycles. The molecule has 1 aliphatic heterocycles. The van der Waals surface area contributed by atoms with Crippen molar-refractivity contribution in [2.45, 2.75) is 56.0 Å². The third-order valence-electron chi connectivity index (χ3n) is 6.78. The molecule has 1 saturated heterocycles. The molecule has 0 unspecified atom stereocenters. The zero-order chi connectivity index (χ0) is 25.5. The van der Waals surface area contributed by atoms with Crippen LogP contribution in [0, 0.1) is 0 Å². The second kappa shape index (κ2) is 12.6. The SMILES string of the molecule is CCOC(=O)N1CCN(C(=O)c2cccc(CSc3nc(Cl)cc(N(C)C4CCCCC4)n3)c2)CC1. The third kappa shape index (κ3) is 6.82. The van der Waals surface area contributed by atoms with E-state index in [2.05, 4.69) is 16.9 Å². The van der Waals surface area contributed by atoms with Gasteiger partial charge in [0.25, 0.3) is 5.91 Å². The lowest BCUT2D eigenvalue weighted by Gasteiger charge is -2.34. The van der Waals surface area contributed by atoms with E-state index in [1.54, 1.807) is 16.7 Å². The fourth-order valence-electron chi connectivity index (χ4n) is 4.72. The first-order chi connectivity index (χ1) is 17.4. The fraction of sp³-hybridized carbons (Fsp3) is 0.538. The largest absolute Gasteiger partial charge is 0.450 e. The summed E-state index contributed by atoms with van der Waals surface area (Å²) in [6.07, 6.45) is 5.86. The van der Waals surface area contributed by atoms with E-state index in [1.165, 1.54) is 43.9 Å². The number of halogens is 1. The molecule has 1 aromatic carbocycles. The van der Waals surface area contributed by atoms with E-state index in [-0.39, 0.29) is 12.0 Å². The van der Waals surface area contributed by atoms with Gasteiger partial charge in [-0.2, -0.15) is 0 Å². The van der Waals surface area contributed by atoms with Crippen LogP contribution in [0.1, 0.15) is 54.9 Å². The van der Waals surface area contributed by atoms with Crippen LogP contribution in [0.15, 0.2) is 35.5 Å². The van der Waals surface area contributed by atoms with Crippen LogP contribution >= 0.6 is 23.4 Å². The van der Waals surface area contributed by atoms with Gasteiger partial charge >= 0.3 is 6.09 Å². The van der Waals surface area contributed by atoms with Gasteiger partial charge in [-0.1, -0.05) is 54.8 Å². The van der Waals surface area contributed by atoms with Crippen molar-refractivity contribution < 1.29 is 14.3 Å². The monoisotopic (exact) mass is 531 g/mol. The highest BCUT2D eigenvalue weighted by atomic mass is 35.5. The number of anilines is 1. The van der Waals surface area contributed by atoms with Gasteiger partial charge in [-0.05, 0) is 37.5 Å². The van der Waals surface area contributed by atoms with Crippen LogP contribution in [0.25, 0.3) is 0 Å². The quantitative estimate of drug-likeness (QED) is 0.279. The Labute approximate surface area is 222 Å². The number of carbonyl (C=O) groups excluding carboxylic acids is 2. The summed E-state index contributed by atoms with van der Waals surface area (Å²) in [5.41, 5.74) is 1.66. The first-order valence-electron chi connectivity index (χ1n) is 12.6. The first kappa shape index (κ1) is 26.5. The maximum Gasteiger partial charge on any atom is 0.409 e. The Morgan fingerprint density at radius 3 is 2.53 bits per heavy atom. The van der Waals surface area contributed by atoms with Gasteiger partial charge in [-0.3, -0.25) is 4.79 Å². The molecule has 0 atom stereocenters. The number of rotatable bonds is 7. The van der Waals surface area contributed by atoms with Gasteiger partial charge in [0, 0.05) is 56.7 Å². The molecule has 2 aliphatic rings. The maximum atomic E-state index is 13.1. The molecule has 0 N–H and O–H groups in total. The minimum Gasteiger partial charge on any atom is -0.450 e. The molecule has 2 aromatic rings. The number of amides is 2. The number of aromatic nitrogens is 2. The van der Waals surface area contributed by atoms with Crippen molar-refractivity contribution in [3.63, 3.8) is 0 Å². The number of carbonyl (C=O) groups is 2. The van der Waals surface area contributed by atoms with Gasteiger partial charge in [-0.25, -0.2) is 14.8 Å². The van der Waals surface area contributed by atoms with E-state index in [0.29, 0.717) is 60.5 Å². The first-order valence-corrected chi connectivity index (χ1v) is 14.0. The summed E-state index contributed by atoms with van der Waals surface area (Å²) in [6, 6.07) is 9.99. The summed E-state index contributed by atoms with van der Waals surface area (Å²) in [5, 5.41) is 1.07. The van der Waals surface area contributed by atoms with Crippen LogP contribution in [-0.4, -0.2) is 77.6 Å². The van der Waals surface area contributed by atoms with Crippen molar-refractivity contribution in [2.75, 3.05) is 44.7 Å². The summed E-state index contributed by atoms with van der Waals surface area (Å²) in [4.78, 5) is 39.8. The molecule has 36 heavy (non-hydrogen) atoms. The van der Waals surface area contributed by atoms with Gasteiger partial charge in [-0.15, -0.1) is 0 Å². The molecule has 1 aliphatic carbocycles. The molecule has 0 spiro atoms. The predicted octanol–water partition coefficient (Wildman–Crippen LogP) is 5.11. The predicted molar refractivity (Wildman–Crippen MR) is 143 cm³/mol. The molecule has 8 nitrogen and oxygen atoms in total. The van der Waals surface area contributed by atoms with E-state index in [9.17, 15) is 9.59 Å². The molecular weight excluding hydrogens is 498 g/mol. The number of thioether (sulfide) groups is 1. The van der Waals surface area contributed by atoms with Gasteiger partial charge in [0.1, 0.15) is 11.0 Å². The second-order valence-electron chi connectivity index (χ2n) is 9.20. The Hall–Kier alpha value is -2.52. The van der Waals surface area contributed by atoms with Gasteiger partial charge in [0.15, 0.2) is 5.16 Å². The Balaban J connectivity index is 1.36. The highest BCUT2D eigenvalue weighted by molar-refractivity contribution is 7.98. The average Bonchev–Trinajstić information content (AvgIpc) is 2.91. The topological polar surface area (TPSA) is 78.9 Å². The van der Waals surface area contributed by atoms with Crippen molar-refractivity contribution in [3.05, 3.63) is 46.6 Å². The highest BCUT2D eigenvalue weighted by Gasteiger charge is 2.26. The minimum atomic E-state index is -0.319. The van der Waals surface area contributed by atoms with Crippen LogP contribution in [0.3, 0.4) is 0 Å².